The number of nitrogens with zero attached hydrogens (tertiary/aromatic N) is 1. The second kappa shape index (κ2) is 11.8. The quantitative estimate of drug-likeness (QED) is 0.152. The summed E-state index contributed by atoms with van der Waals surface area (Å²) in [6.45, 7) is 2.28. The van der Waals surface area contributed by atoms with Gasteiger partial charge < -0.3 is 0 Å². The van der Waals surface area contributed by atoms with Crippen LogP contribution in [-0.2, 0) is 6.42 Å². The summed E-state index contributed by atoms with van der Waals surface area (Å²) in [6, 6.07) is 39.1. The van der Waals surface area contributed by atoms with Crippen molar-refractivity contribution in [3.63, 3.8) is 0 Å². The molecule has 1 N–H and O–H groups in total. The van der Waals surface area contributed by atoms with Gasteiger partial charge in [-0.1, -0.05) is 118 Å². The third-order valence-electron chi connectivity index (χ3n) is 7.05. The van der Waals surface area contributed by atoms with Crippen LogP contribution >= 0.6 is 0 Å². The van der Waals surface area contributed by atoms with Crippen LogP contribution in [0.1, 0.15) is 51.0 Å². The number of unbranched alkanes of at least 4 members (excludes halogenated alkanes) is 5. The van der Waals surface area contributed by atoms with Crippen molar-refractivity contribution in [2.24, 2.45) is 0 Å². The minimum absolute atomic E-state index is 1.10. The van der Waals surface area contributed by atoms with E-state index in [2.05, 4.69) is 127 Å². The number of fused-ring (bicyclic) bond motifs is 2. The van der Waals surface area contributed by atoms with E-state index < -0.39 is 0 Å². The summed E-state index contributed by atoms with van der Waals surface area (Å²) in [5, 5.41) is 7.29. The standard InChI is InChI=1S/C34H36N2/c1-2-3-4-5-6-8-16-28-23-25-34(33-21-14-13-20-32(28)33)35-36(30-18-9-7-10-19-30)31-24-22-27-15-11-12-17-29(27)26-31/h7,9-15,17-26,35H,2-6,8,16H2,1H3. The lowest BCUT2D eigenvalue weighted by molar-refractivity contribution is 0.608. The molecule has 0 unspecified atom stereocenters. The largest absolute Gasteiger partial charge is 0.293 e. The zero-order valence-corrected chi connectivity index (χ0v) is 21.3. The molecule has 5 aromatic rings. The molecule has 0 saturated heterocycles. The summed E-state index contributed by atoms with van der Waals surface area (Å²) < 4.78 is 0. The average molecular weight is 473 g/mol. The summed E-state index contributed by atoms with van der Waals surface area (Å²) in [6.07, 6.45) is 9.09. The molecule has 0 aliphatic carbocycles. The van der Waals surface area contributed by atoms with E-state index >= 15 is 0 Å². The first-order valence-corrected chi connectivity index (χ1v) is 13.4. The van der Waals surface area contributed by atoms with Gasteiger partial charge in [0.1, 0.15) is 0 Å². The molecule has 0 saturated carbocycles. The molecule has 0 bridgehead atoms. The van der Waals surface area contributed by atoms with Crippen molar-refractivity contribution in [3.05, 3.63) is 115 Å². The van der Waals surface area contributed by atoms with Gasteiger partial charge in [-0.15, -0.1) is 0 Å². The van der Waals surface area contributed by atoms with Crippen molar-refractivity contribution in [1.82, 2.24) is 0 Å². The van der Waals surface area contributed by atoms with E-state index in [1.54, 1.807) is 0 Å². The van der Waals surface area contributed by atoms with Crippen molar-refractivity contribution >= 4 is 38.6 Å². The average Bonchev–Trinajstić information content (AvgIpc) is 2.94. The van der Waals surface area contributed by atoms with Crippen molar-refractivity contribution < 1.29 is 0 Å². The number of hydrazine groups is 1. The normalized spacial score (nSPS) is 11.1. The summed E-state index contributed by atoms with van der Waals surface area (Å²) in [4.78, 5) is 0. The maximum Gasteiger partial charge on any atom is 0.0636 e. The second-order valence-electron chi connectivity index (χ2n) is 9.65. The lowest BCUT2D eigenvalue weighted by atomic mass is 9.98. The fourth-order valence-corrected chi connectivity index (χ4v) is 5.06. The molecule has 5 rings (SSSR count). The smallest absolute Gasteiger partial charge is 0.0636 e. The Morgan fingerprint density at radius 2 is 1.25 bits per heavy atom. The molecule has 0 aromatic heterocycles. The minimum atomic E-state index is 1.10. The van der Waals surface area contributed by atoms with Crippen LogP contribution in [-0.4, -0.2) is 0 Å². The molecular formula is C34H36N2. The molecule has 0 atom stereocenters. The minimum Gasteiger partial charge on any atom is -0.293 e. The second-order valence-corrected chi connectivity index (χ2v) is 9.65. The first kappa shape index (κ1) is 23.9. The van der Waals surface area contributed by atoms with Crippen LogP contribution in [0, 0.1) is 0 Å². The van der Waals surface area contributed by atoms with Crippen LogP contribution in [0.15, 0.2) is 109 Å². The molecule has 0 aliphatic rings. The predicted molar refractivity (Wildman–Crippen MR) is 157 cm³/mol. The first-order valence-electron chi connectivity index (χ1n) is 13.4. The Kier molecular flexibility index (Phi) is 7.83. The maximum atomic E-state index is 3.77. The van der Waals surface area contributed by atoms with Gasteiger partial charge in [0.2, 0.25) is 0 Å². The summed E-state index contributed by atoms with van der Waals surface area (Å²) >= 11 is 0. The molecule has 36 heavy (non-hydrogen) atoms. The molecule has 0 radical (unpaired) electrons. The fraction of sp³-hybridized carbons (Fsp3) is 0.235. The van der Waals surface area contributed by atoms with E-state index in [-0.39, 0.29) is 0 Å². The fourth-order valence-electron chi connectivity index (χ4n) is 5.06. The number of benzene rings is 5. The van der Waals surface area contributed by atoms with Gasteiger partial charge in [0.25, 0.3) is 0 Å². The zero-order chi connectivity index (χ0) is 24.6. The van der Waals surface area contributed by atoms with Gasteiger partial charge in [0.05, 0.1) is 17.1 Å². The van der Waals surface area contributed by atoms with Crippen molar-refractivity contribution in [3.8, 4) is 0 Å². The number of nitrogens with one attached hydrogen (secondary N) is 1. The van der Waals surface area contributed by atoms with Crippen LogP contribution < -0.4 is 10.4 Å². The number of aryl methyl sites for hydroxylation is 1. The molecule has 2 heteroatoms. The van der Waals surface area contributed by atoms with Crippen LogP contribution in [0.5, 0.6) is 0 Å². The molecule has 0 fully saturated rings. The van der Waals surface area contributed by atoms with Gasteiger partial charge >= 0.3 is 0 Å². The third kappa shape index (κ3) is 5.54. The van der Waals surface area contributed by atoms with E-state index in [1.807, 2.05) is 0 Å². The number of para-hydroxylation sites is 1. The van der Waals surface area contributed by atoms with Crippen LogP contribution in [0.3, 0.4) is 0 Å². The SMILES string of the molecule is CCCCCCCCc1ccc(NN(c2ccccc2)c2ccc3ccccc3c2)c2ccccc12. The van der Waals surface area contributed by atoms with Crippen molar-refractivity contribution in [1.29, 1.82) is 0 Å². The van der Waals surface area contributed by atoms with Crippen molar-refractivity contribution in [2.75, 3.05) is 10.4 Å². The van der Waals surface area contributed by atoms with Gasteiger partial charge in [-0.25, -0.2) is 0 Å². The molecule has 0 heterocycles. The molecule has 182 valence electrons. The first-order chi connectivity index (χ1) is 17.8. The molecule has 0 aliphatic heterocycles. The monoisotopic (exact) mass is 472 g/mol. The van der Waals surface area contributed by atoms with Gasteiger partial charge in [0.15, 0.2) is 0 Å². The van der Waals surface area contributed by atoms with Gasteiger partial charge in [-0.3, -0.25) is 10.4 Å². The Morgan fingerprint density at radius 3 is 2.08 bits per heavy atom. The lowest BCUT2D eigenvalue weighted by Crippen LogP contribution is -2.24. The highest BCUT2D eigenvalue weighted by Crippen LogP contribution is 2.33. The number of hydrogen-bond donors (Lipinski definition) is 1. The van der Waals surface area contributed by atoms with E-state index in [0.29, 0.717) is 0 Å². The van der Waals surface area contributed by atoms with Crippen LogP contribution in [0.2, 0.25) is 0 Å². The number of hydrogen-bond acceptors (Lipinski definition) is 2. The van der Waals surface area contributed by atoms with Crippen molar-refractivity contribution in [2.45, 2.75) is 51.9 Å². The predicted octanol–water partition coefficient (Wildman–Crippen LogP) is 10.1. The molecule has 0 amide bonds. The summed E-state index contributed by atoms with van der Waals surface area (Å²) in [5.74, 6) is 0. The van der Waals surface area contributed by atoms with Gasteiger partial charge in [-0.2, -0.15) is 0 Å². The van der Waals surface area contributed by atoms with E-state index in [1.165, 1.54) is 65.6 Å². The van der Waals surface area contributed by atoms with E-state index in [9.17, 15) is 0 Å². The van der Waals surface area contributed by atoms with E-state index in [0.717, 1.165) is 23.5 Å². The summed E-state index contributed by atoms with van der Waals surface area (Å²) in [7, 11) is 0. The van der Waals surface area contributed by atoms with Gasteiger partial charge in [0, 0.05) is 5.39 Å². The Balaban J connectivity index is 1.45. The lowest BCUT2D eigenvalue weighted by Gasteiger charge is -2.28. The number of anilines is 3. The summed E-state index contributed by atoms with van der Waals surface area (Å²) in [5.41, 5.74) is 8.55. The Hall–Kier alpha value is -3.78. The Bertz CT molecular complexity index is 1410. The van der Waals surface area contributed by atoms with E-state index in [4.69, 9.17) is 0 Å². The van der Waals surface area contributed by atoms with Crippen LogP contribution in [0.25, 0.3) is 21.5 Å². The number of rotatable bonds is 11. The Morgan fingerprint density at radius 1 is 0.556 bits per heavy atom. The molecular weight excluding hydrogens is 436 g/mol. The zero-order valence-electron chi connectivity index (χ0n) is 21.3. The molecule has 0 spiro atoms. The molecule has 5 aromatic carbocycles. The van der Waals surface area contributed by atoms with Gasteiger partial charge in [-0.05, 0) is 64.9 Å². The molecule has 2 nitrogen and oxygen atoms in total. The highest BCUT2D eigenvalue weighted by Gasteiger charge is 2.13. The van der Waals surface area contributed by atoms with Crippen LogP contribution in [0.4, 0.5) is 17.1 Å². The maximum absolute atomic E-state index is 3.77. The topological polar surface area (TPSA) is 15.3 Å². The highest BCUT2D eigenvalue weighted by molar-refractivity contribution is 5.97. The highest BCUT2D eigenvalue weighted by atomic mass is 15.5. The third-order valence-corrected chi connectivity index (χ3v) is 7.05. The Labute approximate surface area is 215 Å².